The van der Waals surface area contributed by atoms with Crippen LogP contribution < -0.4 is 4.90 Å². The summed E-state index contributed by atoms with van der Waals surface area (Å²) >= 11 is 11.8. The van der Waals surface area contributed by atoms with Gasteiger partial charge < -0.3 is 5.11 Å². The molecule has 2 fully saturated rings. The highest BCUT2D eigenvalue weighted by Crippen LogP contribution is 2.53. The summed E-state index contributed by atoms with van der Waals surface area (Å²) in [5.41, 5.74) is 0.326. The maximum Gasteiger partial charge on any atom is 0.238 e. The number of imide groups is 1. The minimum atomic E-state index is -0.265. The zero-order valence-electron chi connectivity index (χ0n) is 10.8. The Kier molecular flexibility index (Phi) is 2.66. The summed E-state index contributed by atoms with van der Waals surface area (Å²) in [6, 6.07) is 2.80. The highest BCUT2D eigenvalue weighted by atomic mass is 35.5. The van der Waals surface area contributed by atoms with Crippen LogP contribution in [0.1, 0.15) is 6.42 Å². The molecule has 1 aliphatic heterocycles. The summed E-state index contributed by atoms with van der Waals surface area (Å²) in [5, 5.41) is 9.65. The van der Waals surface area contributed by atoms with Crippen LogP contribution in [-0.4, -0.2) is 16.9 Å². The first-order chi connectivity index (χ1) is 9.99. The van der Waals surface area contributed by atoms with Gasteiger partial charge in [0.2, 0.25) is 11.8 Å². The third-order valence-electron chi connectivity index (χ3n) is 4.73. The molecule has 1 aromatic carbocycles. The van der Waals surface area contributed by atoms with Crippen molar-refractivity contribution in [3.63, 3.8) is 0 Å². The number of halogens is 2. The predicted octanol–water partition coefficient (Wildman–Crippen LogP) is 3.01. The zero-order valence-corrected chi connectivity index (χ0v) is 12.3. The Bertz CT molecular complexity index is 662. The lowest BCUT2D eigenvalue weighted by Crippen LogP contribution is -2.32. The molecule has 6 heteroatoms. The molecular formula is C15H11Cl2NO3. The van der Waals surface area contributed by atoms with Crippen molar-refractivity contribution in [3.05, 3.63) is 34.3 Å². The van der Waals surface area contributed by atoms with Crippen LogP contribution in [0.2, 0.25) is 10.0 Å². The Morgan fingerprint density at radius 2 is 1.48 bits per heavy atom. The average molecular weight is 324 g/mol. The van der Waals surface area contributed by atoms with Crippen molar-refractivity contribution >= 4 is 40.7 Å². The molecule has 4 nitrogen and oxygen atoms in total. The van der Waals surface area contributed by atoms with Crippen molar-refractivity contribution < 1.29 is 14.7 Å². The van der Waals surface area contributed by atoms with Crippen LogP contribution in [-0.2, 0) is 9.59 Å². The number of amides is 2. The number of anilines is 1. The number of hydrogen-bond acceptors (Lipinski definition) is 3. The Labute approximate surface area is 130 Å². The van der Waals surface area contributed by atoms with Gasteiger partial charge in [0, 0.05) is 0 Å². The second kappa shape index (κ2) is 4.24. The van der Waals surface area contributed by atoms with Gasteiger partial charge in [-0.3, -0.25) is 9.59 Å². The maximum absolute atomic E-state index is 12.6. The minimum Gasteiger partial charge on any atom is -0.505 e. The van der Waals surface area contributed by atoms with Gasteiger partial charge in [-0.1, -0.05) is 35.4 Å². The van der Waals surface area contributed by atoms with E-state index in [9.17, 15) is 14.7 Å². The molecule has 4 rings (SSSR count). The standard InChI is InChI=1S/C15H11Cl2NO3/c16-9-4-8(5-10(17)13(9)19)18-14(20)11-6-1-2-7(3-6)12(11)15(18)21/h1-2,4-7,11-12,19H,3H2/t6-,7+,11-,12+. The molecule has 1 heterocycles. The molecule has 2 bridgehead atoms. The molecule has 0 spiro atoms. The molecule has 0 aromatic heterocycles. The van der Waals surface area contributed by atoms with Crippen molar-refractivity contribution in [3.8, 4) is 5.75 Å². The van der Waals surface area contributed by atoms with E-state index in [0.29, 0.717) is 5.69 Å². The number of carbonyl (C=O) groups excluding carboxylic acids is 2. The van der Waals surface area contributed by atoms with Gasteiger partial charge in [-0.2, -0.15) is 0 Å². The van der Waals surface area contributed by atoms with Crippen molar-refractivity contribution in [1.29, 1.82) is 0 Å². The predicted molar refractivity (Wildman–Crippen MR) is 78.3 cm³/mol. The summed E-state index contributed by atoms with van der Waals surface area (Å²) in [5.74, 6) is -0.853. The van der Waals surface area contributed by atoms with Gasteiger partial charge in [0.1, 0.15) is 0 Å². The fraction of sp³-hybridized carbons (Fsp3) is 0.333. The maximum atomic E-state index is 12.6. The first-order valence-electron chi connectivity index (χ1n) is 6.73. The minimum absolute atomic E-state index is 0.0243. The van der Waals surface area contributed by atoms with E-state index in [1.807, 2.05) is 12.2 Å². The van der Waals surface area contributed by atoms with E-state index in [2.05, 4.69) is 0 Å². The SMILES string of the molecule is O=C1[C@@H]2[C@H](C(=O)N1c1cc(Cl)c(O)c(Cl)c1)[C@@H]1C=C[C@H]2C1. The smallest absolute Gasteiger partial charge is 0.238 e. The number of phenols is 1. The Morgan fingerprint density at radius 3 is 1.95 bits per heavy atom. The largest absolute Gasteiger partial charge is 0.505 e. The molecule has 0 radical (unpaired) electrons. The molecule has 1 saturated carbocycles. The van der Waals surface area contributed by atoms with Gasteiger partial charge in [-0.15, -0.1) is 0 Å². The third kappa shape index (κ3) is 1.63. The fourth-order valence-electron chi connectivity index (χ4n) is 3.84. The number of phenolic OH excluding ortho intramolecular Hbond substituents is 1. The van der Waals surface area contributed by atoms with Crippen LogP contribution >= 0.6 is 23.2 Å². The molecule has 108 valence electrons. The van der Waals surface area contributed by atoms with Gasteiger partial charge in [-0.25, -0.2) is 4.90 Å². The van der Waals surface area contributed by atoms with Crippen LogP contribution in [0.4, 0.5) is 5.69 Å². The van der Waals surface area contributed by atoms with Gasteiger partial charge in [-0.05, 0) is 30.4 Å². The first-order valence-corrected chi connectivity index (χ1v) is 7.49. The molecular weight excluding hydrogens is 313 g/mol. The Hall–Kier alpha value is -1.52. The summed E-state index contributed by atoms with van der Waals surface area (Å²) < 4.78 is 0. The van der Waals surface area contributed by atoms with Crippen molar-refractivity contribution in [1.82, 2.24) is 0 Å². The van der Waals surface area contributed by atoms with E-state index >= 15 is 0 Å². The molecule has 21 heavy (non-hydrogen) atoms. The summed E-state index contributed by atoms with van der Waals surface area (Å²) in [6.07, 6.45) is 4.96. The van der Waals surface area contributed by atoms with Crippen LogP contribution in [0.5, 0.6) is 5.75 Å². The van der Waals surface area contributed by atoms with Gasteiger partial charge >= 0.3 is 0 Å². The number of hydrogen-bond donors (Lipinski definition) is 1. The number of rotatable bonds is 1. The molecule has 2 aliphatic carbocycles. The van der Waals surface area contributed by atoms with Crippen molar-refractivity contribution in [2.75, 3.05) is 4.90 Å². The summed E-state index contributed by atoms with van der Waals surface area (Å²) in [6.45, 7) is 0. The molecule has 0 unspecified atom stereocenters. The lowest BCUT2D eigenvalue weighted by atomic mass is 9.85. The van der Waals surface area contributed by atoms with Crippen LogP contribution in [0.3, 0.4) is 0 Å². The van der Waals surface area contributed by atoms with Gasteiger partial charge in [0.05, 0.1) is 27.6 Å². The third-order valence-corrected chi connectivity index (χ3v) is 5.31. The molecule has 2 amide bonds. The van der Waals surface area contributed by atoms with Crippen molar-refractivity contribution in [2.45, 2.75) is 6.42 Å². The van der Waals surface area contributed by atoms with E-state index in [4.69, 9.17) is 23.2 Å². The van der Waals surface area contributed by atoms with Gasteiger partial charge in [0.15, 0.2) is 5.75 Å². The Morgan fingerprint density at radius 1 is 1.00 bits per heavy atom. The number of nitrogens with zero attached hydrogens (tertiary/aromatic N) is 1. The molecule has 3 aliphatic rings. The number of allylic oxidation sites excluding steroid dienone is 2. The molecule has 4 atom stereocenters. The van der Waals surface area contributed by atoms with E-state index < -0.39 is 0 Å². The van der Waals surface area contributed by atoms with E-state index in [1.54, 1.807) is 0 Å². The quantitative estimate of drug-likeness (QED) is 0.638. The lowest BCUT2D eigenvalue weighted by molar-refractivity contribution is -0.123. The van der Waals surface area contributed by atoms with Crippen LogP contribution in [0, 0.1) is 23.7 Å². The van der Waals surface area contributed by atoms with E-state index in [-0.39, 0.29) is 51.3 Å². The number of carbonyl (C=O) groups is 2. The number of benzene rings is 1. The van der Waals surface area contributed by atoms with E-state index in [1.165, 1.54) is 17.0 Å². The average Bonchev–Trinajstić information content (AvgIpc) is 3.10. The van der Waals surface area contributed by atoms with Crippen LogP contribution in [0.15, 0.2) is 24.3 Å². The number of fused-ring (bicyclic) bond motifs is 5. The number of aromatic hydroxyl groups is 1. The second-order valence-corrected chi connectivity index (χ2v) is 6.58. The normalized spacial score (nSPS) is 33.1. The second-order valence-electron chi connectivity index (χ2n) is 5.77. The Balaban J connectivity index is 1.78. The zero-order chi connectivity index (χ0) is 14.9. The molecule has 1 aromatic rings. The van der Waals surface area contributed by atoms with Gasteiger partial charge in [0.25, 0.3) is 0 Å². The lowest BCUT2D eigenvalue weighted by Gasteiger charge is -2.18. The molecule has 1 saturated heterocycles. The highest BCUT2D eigenvalue weighted by molar-refractivity contribution is 6.38. The highest BCUT2D eigenvalue weighted by Gasteiger charge is 2.59. The topological polar surface area (TPSA) is 57.6 Å². The van der Waals surface area contributed by atoms with E-state index in [0.717, 1.165) is 6.42 Å². The van der Waals surface area contributed by atoms with Crippen molar-refractivity contribution in [2.24, 2.45) is 23.7 Å². The van der Waals surface area contributed by atoms with Crippen LogP contribution in [0.25, 0.3) is 0 Å². The monoisotopic (exact) mass is 323 g/mol. The molecule has 1 N–H and O–H groups in total. The summed E-state index contributed by atoms with van der Waals surface area (Å²) in [4.78, 5) is 26.4. The summed E-state index contributed by atoms with van der Waals surface area (Å²) in [7, 11) is 0. The fourth-order valence-corrected chi connectivity index (χ4v) is 4.31. The first kappa shape index (κ1) is 13.2.